The summed E-state index contributed by atoms with van der Waals surface area (Å²) in [5, 5.41) is 4.84. The van der Waals surface area contributed by atoms with Gasteiger partial charge in [0.15, 0.2) is 0 Å². The molecule has 194 valence electrons. The number of methoxy groups -OCH3 is 1. The maximum atomic E-state index is 13.9. The molecule has 0 atom stereocenters. The van der Waals surface area contributed by atoms with Crippen molar-refractivity contribution in [1.82, 2.24) is 5.43 Å². The molecule has 0 radical (unpaired) electrons. The number of benzene rings is 4. The molecule has 0 saturated heterocycles. The van der Waals surface area contributed by atoms with Gasteiger partial charge >= 0.3 is 0 Å². The molecule has 0 aliphatic rings. The van der Waals surface area contributed by atoms with Crippen LogP contribution >= 0.6 is 23.2 Å². The van der Waals surface area contributed by atoms with Crippen molar-refractivity contribution in [1.29, 1.82) is 0 Å². The molecule has 7 nitrogen and oxygen atoms in total. The maximum Gasteiger partial charge on any atom is 0.273 e. The quantitative estimate of drug-likeness (QED) is 0.194. The number of sulfonamides is 1. The third kappa shape index (κ3) is 6.34. The van der Waals surface area contributed by atoms with Gasteiger partial charge in [0, 0.05) is 10.6 Å². The number of ether oxygens (including phenoxy) is 1. The van der Waals surface area contributed by atoms with Crippen LogP contribution in [0, 0.1) is 0 Å². The minimum Gasteiger partial charge on any atom is -0.497 e. The molecule has 0 saturated carbocycles. The number of hydrogen-bond acceptors (Lipinski definition) is 5. The Morgan fingerprint density at radius 2 is 1.63 bits per heavy atom. The third-order valence-electron chi connectivity index (χ3n) is 5.57. The molecular formula is C28H23Cl2N3O4S. The van der Waals surface area contributed by atoms with E-state index < -0.39 is 15.9 Å². The summed E-state index contributed by atoms with van der Waals surface area (Å²) >= 11 is 12.1. The van der Waals surface area contributed by atoms with Crippen molar-refractivity contribution >= 4 is 51.0 Å². The van der Waals surface area contributed by atoms with Crippen LogP contribution in [-0.4, -0.2) is 27.6 Å². The molecule has 4 aromatic carbocycles. The van der Waals surface area contributed by atoms with Gasteiger partial charge in [-0.05, 0) is 54.1 Å². The fourth-order valence-corrected chi connectivity index (χ4v) is 5.56. The van der Waals surface area contributed by atoms with Crippen LogP contribution in [0.5, 0.6) is 5.75 Å². The topological polar surface area (TPSA) is 88.1 Å². The Hall–Kier alpha value is -3.85. The lowest BCUT2D eigenvalue weighted by atomic mass is 10.1. The SMILES string of the molecule is COc1ccc(S(=O)(=O)N(Cc2ccccc2)c2ccccc2C(=O)NN=Cc2ccc(Cl)cc2Cl)cc1. The minimum atomic E-state index is -4.08. The molecule has 38 heavy (non-hydrogen) atoms. The molecule has 0 unspecified atom stereocenters. The molecule has 1 amide bonds. The zero-order chi connectivity index (χ0) is 27.1. The highest BCUT2D eigenvalue weighted by Gasteiger charge is 2.28. The summed E-state index contributed by atoms with van der Waals surface area (Å²) in [4.78, 5) is 13.2. The van der Waals surface area contributed by atoms with E-state index in [0.29, 0.717) is 21.4 Å². The number of hydrazone groups is 1. The summed E-state index contributed by atoms with van der Waals surface area (Å²) in [6.07, 6.45) is 1.38. The molecule has 1 N–H and O–H groups in total. The van der Waals surface area contributed by atoms with E-state index in [1.165, 1.54) is 35.8 Å². The van der Waals surface area contributed by atoms with Crippen LogP contribution in [0.25, 0.3) is 0 Å². The smallest absolute Gasteiger partial charge is 0.273 e. The predicted octanol–water partition coefficient (Wildman–Crippen LogP) is 6.16. The van der Waals surface area contributed by atoms with Crippen LogP contribution in [0.3, 0.4) is 0 Å². The average Bonchev–Trinajstić information content (AvgIpc) is 2.93. The molecule has 0 aliphatic heterocycles. The average molecular weight is 568 g/mol. The first-order chi connectivity index (χ1) is 18.3. The van der Waals surface area contributed by atoms with Gasteiger partial charge in [-0.2, -0.15) is 5.10 Å². The molecule has 0 heterocycles. The van der Waals surface area contributed by atoms with Gasteiger partial charge in [0.05, 0.1) is 41.0 Å². The van der Waals surface area contributed by atoms with Crippen molar-refractivity contribution in [2.45, 2.75) is 11.4 Å². The summed E-state index contributed by atoms with van der Waals surface area (Å²) in [6, 6.07) is 26.5. The normalized spacial score (nSPS) is 11.3. The van der Waals surface area contributed by atoms with Crippen LogP contribution in [0.4, 0.5) is 5.69 Å². The van der Waals surface area contributed by atoms with Crippen LogP contribution in [0.2, 0.25) is 10.0 Å². The number of halogens is 2. The van der Waals surface area contributed by atoms with Crippen molar-refractivity contribution in [3.63, 3.8) is 0 Å². The summed E-state index contributed by atoms with van der Waals surface area (Å²) < 4.78 is 34.1. The number of rotatable bonds is 9. The Bertz CT molecular complexity index is 1560. The molecule has 0 aromatic heterocycles. The predicted molar refractivity (Wildman–Crippen MR) is 151 cm³/mol. The summed E-state index contributed by atoms with van der Waals surface area (Å²) in [5.74, 6) is -0.0677. The van der Waals surface area contributed by atoms with Gasteiger partial charge in [-0.3, -0.25) is 9.10 Å². The number of nitrogens with zero attached hydrogens (tertiary/aromatic N) is 2. The van der Waals surface area contributed by atoms with E-state index >= 15 is 0 Å². The van der Waals surface area contributed by atoms with E-state index in [2.05, 4.69) is 10.5 Å². The maximum absolute atomic E-state index is 13.9. The first-order valence-electron chi connectivity index (χ1n) is 11.4. The number of carbonyl (C=O) groups is 1. The van der Waals surface area contributed by atoms with E-state index in [9.17, 15) is 13.2 Å². The van der Waals surface area contributed by atoms with Crippen LogP contribution in [0.1, 0.15) is 21.5 Å². The number of amides is 1. The van der Waals surface area contributed by atoms with Crippen molar-refractivity contribution in [3.8, 4) is 5.75 Å². The van der Waals surface area contributed by atoms with E-state index in [1.807, 2.05) is 30.3 Å². The second-order valence-corrected chi connectivity index (χ2v) is 10.8. The number of nitrogens with one attached hydrogen (secondary N) is 1. The highest BCUT2D eigenvalue weighted by molar-refractivity contribution is 7.92. The summed E-state index contributed by atoms with van der Waals surface area (Å²) in [6.45, 7) is 0.00312. The van der Waals surface area contributed by atoms with Gasteiger partial charge < -0.3 is 4.74 Å². The van der Waals surface area contributed by atoms with Crippen molar-refractivity contribution in [3.05, 3.63) is 124 Å². The highest BCUT2D eigenvalue weighted by atomic mass is 35.5. The first kappa shape index (κ1) is 27.2. The van der Waals surface area contributed by atoms with E-state index in [1.54, 1.807) is 48.5 Å². The van der Waals surface area contributed by atoms with Gasteiger partial charge in [-0.15, -0.1) is 0 Å². The van der Waals surface area contributed by atoms with E-state index in [0.717, 1.165) is 5.56 Å². The van der Waals surface area contributed by atoms with Crippen molar-refractivity contribution < 1.29 is 17.9 Å². The monoisotopic (exact) mass is 567 g/mol. The Kier molecular flexibility index (Phi) is 8.68. The summed E-state index contributed by atoms with van der Waals surface area (Å²) in [5.41, 5.74) is 4.08. The number of anilines is 1. The number of para-hydroxylation sites is 1. The lowest BCUT2D eigenvalue weighted by molar-refractivity contribution is 0.0955. The molecule has 0 aliphatic carbocycles. The van der Waals surface area contributed by atoms with E-state index in [-0.39, 0.29) is 22.7 Å². The zero-order valence-corrected chi connectivity index (χ0v) is 22.5. The highest BCUT2D eigenvalue weighted by Crippen LogP contribution is 2.30. The molecule has 4 rings (SSSR count). The minimum absolute atomic E-state index is 0.00312. The standard InChI is InChI=1S/C28H23Cl2N3O4S/c1-37-23-13-15-24(16-14-23)38(35,36)33(19-20-7-3-2-4-8-20)27-10-6-5-9-25(27)28(34)32-31-18-21-11-12-22(29)17-26(21)30/h2-18H,19H2,1H3,(H,32,34). The van der Waals surface area contributed by atoms with Crippen LogP contribution in [0.15, 0.2) is 107 Å². The van der Waals surface area contributed by atoms with Crippen molar-refractivity contribution in [2.24, 2.45) is 5.10 Å². The fourth-order valence-electron chi connectivity index (χ4n) is 3.63. The molecule has 0 spiro atoms. The molecule has 10 heteroatoms. The fraction of sp³-hybridized carbons (Fsp3) is 0.0714. The Labute approximate surface area is 231 Å². The second kappa shape index (κ2) is 12.1. The lowest BCUT2D eigenvalue weighted by Gasteiger charge is -2.26. The second-order valence-electron chi connectivity index (χ2n) is 8.05. The first-order valence-corrected chi connectivity index (χ1v) is 13.6. The number of carbonyl (C=O) groups excluding carboxylic acids is 1. The van der Waals surface area contributed by atoms with Gasteiger partial charge in [-0.1, -0.05) is 71.7 Å². The van der Waals surface area contributed by atoms with E-state index in [4.69, 9.17) is 27.9 Å². The van der Waals surface area contributed by atoms with Gasteiger partial charge in [-0.25, -0.2) is 13.8 Å². The number of hydrogen-bond donors (Lipinski definition) is 1. The van der Waals surface area contributed by atoms with Crippen molar-refractivity contribution in [2.75, 3.05) is 11.4 Å². The Balaban J connectivity index is 1.70. The Morgan fingerprint density at radius 1 is 0.947 bits per heavy atom. The molecular weight excluding hydrogens is 545 g/mol. The molecule has 0 fully saturated rings. The van der Waals surface area contributed by atoms with Gasteiger partial charge in [0.2, 0.25) is 0 Å². The van der Waals surface area contributed by atoms with Crippen LogP contribution < -0.4 is 14.5 Å². The summed E-state index contributed by atoms with van der Waals surface area (Å²) in [7, 11) is -2.57. The largest absolute Gasteiger partial charge is 0.497 e. The van der Waals surface area contributed by atoms with Gasteiger partial charge in [0.1, 0.15) is 5.75 Å². The van der Waals surface area contributed by atoms with Gasteiger partial charge in [0.25, 0.3) is 15.9 Å². The lowest BCUT2D eigenvalue weighted by Crippen LogP contribution is -2.33. The third-order valence-corrected chi connectivity index (χ3v) is 7.90. The zero-order valence-electron chi connectivity index (χ0n) is 20.2. The molecule has 0 bridgehead atoms. The molecule has 4 aromatic rings. The van der Waals surface area contributed by atoms with Crippen LogP contribution in [-0.2, 0) is 16.6 Å². The Morgan fingerprint density at radius 3 is 2.32 bits per heavy atom.